The van der Waals surface area contributed by atoms with Gasteiger partial charge in [0, 0.05) is 0 Å². The lowest BCUT2D eigenvalue weighted by atomic mass is 10.0. The standard InChI is InChI=1S/C19H16O.BF4.H2S/c1-20-19-13-11-18(12-14-19)17-9-7-16(8-10-17)15-5-3-2-4-6-15;2-1(3,4)5;/h2-14H,1H3;;1H2/q;-1;/p+1. The number of methoxy groups -OCH3 is 1. The predicted octanol–water partition coefficient (Wildman–Crippen LogP) is 6.55. The number of halogens is 4. The Morgan fingerprint density at radius 1 is 0.615 bits per heavy atom. The summed E-state index contributed by atoms with van der Waals surface area (Å²) in [5.74, 6) is 0.884. The average Bonchev–Trinajstić information content (AvgIpc) is 2.61. The van der Waals surface area contributed by atoms with Gasteiger partial charge < -0.3 is 22.0 Å². The van der Waals surface area contributed by atoms with Gasteiger partial charge in [0.2, 0.25) is 0 Å². The molecule has 138 valence electrons. The van der Waals surface area contributed by atoms with Crippen LogP contribution in [0.25, 0.3) is 22.3 Å². The molecule has 0 bridgehead atoms. The summed E-state index contributed by atoms with van der Waals surface area (Å²) in [6.45, 7) is 0. The fourth-order valence-corrected chi connectivity index (χ4v) is 2.27. The fourth-order valence-electron chi connectivity index (χ4n) is 2.27. The number of hydrogen-bond donors (Lipinski definition) is 0. The maximum absolute atomic E-state index is 9.75. The van der Waals surface area contributed by atoms with Gasteiger partial charge in [-0.15, -0.1) is 0 Å². The predicted molar refractivity (Wildman–Crippen MR) is 106 cm³/mol. The Kier molecular flexibility index (Phi) is 8.25. The van der Waals surface area contributed by atoms with Crippen molar-refractivity contribution in [1.82, 2.24) is 0 Å². The van der Waals surface area contributed by atoms with E-state index in [-0.39, 0.29) is 14.9 Å². The molecule has 0 fully saturated rings. The van der Waals surface area contributed by atoms with E-state index in [0.29, 0.717) is 0 Å². The lowest BCUT2D eigenvalue weighted by molar-refractivity contribution is 0.368. The third-order valence-electron chi connectivity index (χ3n) is 3.42. The first-order chi connectivity index (χ1) is 11.9. The topological polar surface area (TPSA) is 9.23 Å². The van der Waals surface area contributed by atoms with Crippen molar-refractivity contribution in [2.45, 2.75) is 0 Å². The Bertz CT molecular complexity index is 776. The van der Waals surface area contributed by atoms with Gasteiger partial charge in [-0.05, 0) is 34.4 Å². The molecule has 0 N–H and O–H groups in total. The lowest BCUT2D eigenvalue weighted by Gasteiger charge is -2.06. The van der Waals surface area contributed by atoms with Crippen molar-refractivity contribution in [1.29, 1.82) is 0 Å². The molecule has 0 saturated heterocycles. The molecular weight excluding hydrogens is 363 g/mol. The molecule has 7 heteroatoms. The van der Waals surface area contributed by atoms with Gasteiger partial charge in [0.1, 0.15) is 5.75 Å². The van der Waals surface area contributed by atoms with Crippen LogP contribution in [-0.2, 0) is 0 Å². The Labute approximate surface area is 158 Å². The summed E-state index contributed by atoms with van der Waals surface area (Å²) in [7, 11) is -4.32. The zero-order chi connectivity index (χ0) is 18.3. The van der Waals surface area contributed by atoms with Crippen LogP contribution >= 0.6 is 13.5 Å². The monoisotopic (exact) mass is 382 g/mol. The molecule has 3 aromatic rings. The third kappa shape index (κ3) is 7.23. The molecule has 0 aliphatic carbocycles. The minimum absolute atomic E-state index is 0. The van der Waals surface area contributed by atoms with Gasteiger partial charge in [-0.1, -0.05) is 66.7 Å². The van der Waals surface area contributed by atoms with Gasteiger partial charge in [0.25, 0.3) is 0 Å². The van der Waals surface area contributed by atoms with Crippen LogP contribution in [-0.4, -0.2) is 14.4 Å². The van der Waals surface area contributed by atoms with E-state index in [1.54, 1.807) is 7.11 Å². The Balaban J connectivity index is 0.000000864. The van der Waals surface area contributed by atoms with Crippen molar-refractivity contribution >= 4 is 20.8 Å². The van der Waals surface area contributed by atoms with Gasteiger partial charge in [0.15, 0.2) is 0 Å². The van der Waals surface area contributed by atoms with Gasteiger partial charge >= 0.3 is 8.68 Å². The molecule has 0 aromatic heterocycles. The molecule has 0 spiro atoms. The highest BCUT2D eigenvalue weighted by atomic mass is 32.1. The van der Waals surface area contributed by atoms with Crippen molar-refractivity contribution in [2.24, 2.45) is 0 Å². The van der Waals surface area contributed by atoms with E-state index >= 15 is 0 Å². The summed E-state index contributed by atoms with van der Waals surface area (Å²) < 4.78 is 44.2. The molecular formula is C19H19BF4OS. The van der Waals surface area contributed by atoms with E-state index in [9.17, 15) is 17.3 Å². The van der Waals surface area contributed by atoms with E-state index in [1.165, 1.54) is 22.3 Å². The first-order valence-corrected chi connectivity index (χ1v) is 7.54. The van der Waals surface area contributed by atoms with E-state index in [2.05, 4.69) is 60.7 Å². The maximum Gasteiger partial charge on any atom is 1.00 e. The highest BCUT2D eigenvalue weighted by Crippen LogP contribution is 2.26. The van der Waals surface area contributed by atoms with Crippen LogP contribution < -0.4 is 4.74 Å². The van der Waals surface area contributed by atoms with Crippen LogP contribution in [0.2, 0.25) is 0 Å². The highest BCUT2D eigenvalue weighted by Gasteiger charge is 2.20. The number of hydrogen-bond acceptors (Lipinski definition) is 1. The molecule has 0 unspecified atom stereocenters. The van der Waals surface area contributed by atoms with Gasteiger partial charge in [-0.25, -0.2) is 0 Å². The van der Waals surface area contributed by atoms with Crippen molar-refractivity contribution in [3.8, 4) is 28.0 Å². The molecule has 0 amide bonds. The van der Waals surface area contributed by atoms with Crippen molar-refractivity contribution in [3.63, 3.8) is 0 Å². The second-order valence-electron chi connectivity index (χ2n) is 5.17. The van der Waals surface area contributed by atoms with Crippen molar-refractivity contribution in [3.05, 3.63) is 78.9 Å². The summed E-state index contributed by atoms with van der Waals surface area (Å²) in [6.07, 6.45) is 0. The molecule has 0 aliphatic rings. The minimum atomic E-state index is -6.00. The Morgan fingerprint density at radius 2 is 0.923 bits per heavy atom. The summed E-state index contributed by atoms with van der Waals surface area (Å²) in [5.41, 5.74) is 4.90. The molecule has 0 saturated carbocycles. The van der Waals surface area contributed by atoms with E-state index in [1.807, 2.05) is 18.2 Å². The zero-order valence-corrected chi connectivity index (χ0v) is 15.0. The summed E-state index contributed by atoms with van der Waals surface area (Å²) in [6, 6.07) is 27.2. The molecule has 1 nitrogen and oxygen atoms in total. The quantitative estimate of drug-likeness (QED) is 0.369. The summed E-state index contributed by atoms with van der Waals surface area (Å²) in [4.78, 5) is 0. The van der Waals surface area contributed by atoms with Gasteiger partial charge in [0.05, 0.1) is 7.11 Å². The summed E-state index contributed by atoms with van der Waals surface area (Å²) in [5, 5.41) is 0. The van der Waals surface area contributed by atoms with E-state index in [0.717, 1.165) is 5.75 Å². The van der Waals surface area contributed by atoms with E-state index in [4.69, 9.17) is 4.74 Å². The first kappa shape index (κ1) is 21.6. The van der Waals surface area contributed by atoms with Crippen LogP contribution in [0.1, 0.15) is 1.43 Å². The Morgan fingerprint density at radius 3 is 1.27 bits per heavy atom. The molecule has 0 atom stereocenters. The largest absolute Gasteiger partial charge is 1.00 e. The van der Waals surface area contributed by atoms with Crippen LogP contribution in [0.4, 0.5) is 17.3 Å². The fraction of sp³-hybridized carbons (Fsp3) is 0.0526. The lowest BCUT2D eigenvalue weighted by Crippen LogP contribution is -2.02. The molecule has 26 heavy (non-hydrogen) atoms. The number of ether oxygens (including phenoxy) is 1. The molecule has 0 aliphatic heterocycles. The smallest absolute Gasteiger partial charge is 0.497 e. The first-order valence-electron chi connectivity index (χ1n) is 7.54. The number of rotatable bonds is 3. The van der Waals surface area contributed by atoms with Crippen LogP contribution in [0, 0.1) is 0 Å². The van der Waals surface area contributed by atoms with Gasteiger partial charge in [-0.3, -0.25) is 0 Å². The minimum Gasteiger partial charge on any atom is -0.497 e. The molecule has 0 radical (unpaired) electrons. The Hall–Kier alpha value is -2.41. The van der Waals surface area contributed by atoms with Crippen LogP contribution in [0.15, 0.2) is 78.9 Å². The zero-order valence-electron chi connectivity index (χ0n) is 15.0. The molecule has 3 rings (SSSR count). The molecule has 3 aromatic carbocycles. The molecule has 0 heterocycles. The second kappa shape index (κ2) is 9.92. The van der Waals surface area contributed by atoms with Gasteiger partial charge in [-0.2, -0.15) is 13.5 Å². The third-order valence-corrected chi connectivity index (χ3v) is 3.42. The summed E-state index contributed by atoms with van der Waals surface area (Å²) >= 11 is 0. The average molecular weight is 382 g/mol. The number of benzene rings is 3. The van der Waals surface area contributed by atoms with Crippen LogP contribution in [0.5, 0.6) is 5.75 Å². The SMILES string of the molecule is COc1ccc(-c2ccc(-c3ccccc3)cc2)cc1.F[B-](F)(F)F.S.[H+]. The highest BCUT2D eigenvalue weighted by molar-refractivity contribution is 7.59. The van der Waals surface area contributed by atoms with Crippen molar-refractivity contribution < 1.29 is 23.4 Å². The normalized spacial score (nSPS) is 10.2. The van der Waals surface area contributed by atoms with E-state index < -0.39 is 7.25 Å². The van der Waals surface area contributed by atoms with Crippen molar-refractivity contribution in [2.75, 3.05) is 7.11 Å². The van der Waals surface area contributed by atoms with Crippen LogP contribution in [0.3, 0.4) is 0 Å². The maximum atomic E-state index is 9.75. The second-order valence-corrected chi connectivity index (χ2v) is 5.17.